The number of halogens is 1. The zero-order valence-electron chi connectivity index (χ0n) is 14.5. The molecule has 0 aliphatic heterocycles. The third-order valence-electron chi connectivity index (χ3n) is 7.13. The van der Waals surface area contributed by atoms with E-state index in [2.05, 4.69) is 50.5 Å². The van der Waals surface area contributed by atoms with Crippen LogP contribution in [0.4, 0.5) is 0 Å². The van der Waals surface area contributed by atoms with Crippen LogP contribution in [0.1, 0.15) is 73.1 Å². The highest BCUT2D eigenvalue weighted by Gasteiger charge is 2.64. The van der Waals surface area contributed by atoms with E-state index in [4.69, 9.17) is 4.74 Å². The molecule has 1 nitrogen and oxygen atoms in total. The topological polar surface area (TPSA) is 9.23 Å². The average molecular weight is 357 g/mol. The van der Waals surface area contributed by atoms with Gasteiger partial charge in [0.05, 0.1) is 11.7 Å². The fourth-order valence-corrected chi connectivity index (χ4v) is 7.45. The molecule has 5 atom stereocenters. The SMILES string of the molecule is CC1CC(OC2(CBr)C3CCC(C3)C2(C)C)CC(C)(C)C1. The first-order valence-electron chi connectivity index (χ1n) is 8.94. The number of ether oxygens (including phenoxy) is 1. The van der Waals surface area contributed by atoms with Crippen LogP contribution in [0.3, 0.4) is 0 Å². The van der Waals surface area contributed by atoms with E-state index in [0.717, 1.165) is 23.1 Å². The Labute approximate surface area is 139 Å². The summed E-state index contributed by atoms with van der Waals surface area (Å²) in [7, 11) is 0. The first-order chi connectivity index (χ1) is 9.70. The van der Waals surface area contributed by atoms with E-state index in [1.54, 1.807) is 0 Å². The molecule has 3 fully saturated rings. The molecule has 2 bridgehead atoms. The molecule has 21 heavy (non-hydrogen) atoms. The van der Waals surface area contributed by atoms with Gasteiger partial charge in [-0.2, -0.15) is 0 Å². The summed E-state index contributed by atoms with van der Waals surface area (Å²) in [4.78, 5) is 0. The maximum Gasteiger partial charge on any atom is 0.0863 e. The highest BCUT2D eigenvalue weighted by Crippen LogP contribution is 2.64. The highest BCUT2D eigenvalue weighted by atomic mass is 79.9. The molecule has 3 saturated carbocycles. The van der Waals surface area contributed by atoms with Gasteiger partial charge in [0.2, 0.25) is 0 Å². The summed E-state index contributed by atoms with van der Waals surface area (Å²) in [6, 6.07) is 0. The standard InChI is InChI=1S/C19H33BrO/c1-13-8-16(11-17(2,3)10-13)21-19(12-20)15-7-6-14(9-15)18(19,4)5/h13-16H,6-12H2,1-5H3. The van der Waals surface area contributed by atoms with Crippen LogP contribution in [0.5, 0.6) is 0 Å². The lowest BCUT2D eigenvalue weighted by Gasteiger charge is -2.52. The van der Waals surface area contributed by atoms with E-state index in [0.29, 0.717) is 16.9 Å². The molecule has 0 spiro atoms. The van der Waals surface area contributed by atoms with Crippen LogP contribution in [-0.2, 0) is 4.74 Å². The van der Waals surface area contributed by atoms with Gasteiger partial charge in [-0.3, -0.25) is 0 Å². The highest BCUT2D eigenvalue weighted by molar-refractivity contribution is 9.09. The van der Waals surface area contributed by atoms with E-state index in [1.165, 1.54) is 38.5 Å². The number of rotatable bonds is 3. The molecular weight excluding hydrogens is 324 g/mol. The van der Waals surface area contributed by atoms with Crippen LogP contribution in [0.25, 0.3) is 0 Å². The Balaban J connectivity index is 1.82. The van der Waals surface area contributed by atoms with Crippen molar-refractivity contribution in [1.82, 2.24) is 0 Å². The molecule has 0 aromatic heterocycles. The number of alkyl halides is 1. The lowest BCUT2D eigenvalue weighted by atomic mass is 9.65. The molecule has 0 heterocycles. The minimum Gasteiger partial charge on any atom is -0.370 e. The summed E-state index contributed by atoms with van der Waals surface area (Å²) in [6.45, 7) is 12.2. The van der Waals surface area contributed by atoms with E-state index >= 15 is 0 Å². The molecule has 0 amide bonds. The van der Waals surface area contributed by atoms with Gasteiger partial charge in [0.25, 0.3) is 0 Å². The normalized spacial score (nSPS) is 47.7. The van der Waals surface area contributed by atoms with Crippen molar-refractivity contribution < 1.29 is 4.74 Å². The van der Waals surface area contributed by atoms with Crippen molar-refractivity contribution in [3.63, 3.8) is 0 Å². The second-order valence-corrected chi connectivity index (χ2v) is 10.2. The van der Waals surface area contributed by atoms with Crippen molar-refractivity contribution in [3.05, 3.63) is 0 Å². The van der Waals surface area contributed by atoms with Crippen LogP contribution >= 0.6 is 15.9 Å². The number of fused-ring (bicyclic) bond motifs is 2. The van der Waals surface area contributed by atoms with Crippen molar-refractivity contribution in [2.24, 2.45) is 28.6 Å². The zero-order chi connectivity index (χ0) is 15.5. The van der Waals surface area contributed by atoms with E-state index in [9.17, 15) is 0 Å². The Bertz CT molecular complexity index is 402. The van der Waals surface area contributed by atoms with Crippen LogP contribution < -0.4 is 0 Å². The minimum absolute atomic E-state index is 0.0771. The Morgan fingerprint density at radius 3 is 2.19 bits per heavy atom. The van der Waals surface area contributed by atoms with Gasteiger partial charge in [-0.1, -0.05) is 50.5 Å². The quantitative estimate of drug-likeness (QED) is 0.580. The van der Waals surface area contributed by atoms with E-state index in [-0.39, 0.29) is 5.60 Å². The predicted molar refractivity (Wildman–Crippen MR) is 92.8 cm³/mol. The van der Waals surface area contributed by atoms with Crippen molar-refractivity contribution in [2.75, 3.05) is 5.33 Å². The second-order valence-electron chi connectivity index (χ2n) is 9.60. The zero-order valence-corrected chi connectivity index (χ0v) is 16.1. The monoisotopic (exact) mass is 356 g/mol. The molecule has 3 aliphatic rings. The molecule has 0 aromatic rings. The van der Waals surface area contributed by atoms with Gasteiger partial charge in [0, 0.05) is 5.33 Å². The molecule has 3 rings (SSSR count). The molecule has 0 aromatic carbocycles. The Morgan fingerprint density at radius 2 is 1.67 bits per heavy atom. The smallest absolute Gasteiger partial charge is 0.0863 e. The largest absolute Gasteiger partial charge is 0.370 e. The summed E-state index contributed by atoms with van der Waals surface area (Å²) in [5.74, 6) is 2.44. The van der Waals surface area contributed by atoms with Crippen molar-refractivity contribution >= 4 is 15.9 Å². The lowest BCUT2D eigenvalue weighted by Crippen LogP contribution is -2.55. The lowest BCUT2D eigenvalue weighted by molar-refractivity contribution is -0.187. The summed E-state index contributed by atoms with van der Waals surface area (Å²) < 4.78 is 7.00. The van der Waals surface area contributed by atoms with Gasteiger partial charge in [-0.15, -0.1) is 0 Å². The van der Waals surface area contributed by atoms with Crippen LogP contribution in [-0.4, -0.2) is 17.0 Å². The fraction of sp³-hybridized carbons (Fsp3) is 1.00. The summed E-state index contributed by atoms with van der Waals surface area (Å²) >= 11 is 3.86. The maximum absolute atomic E-state index is 7.00. The number of hydrogen-bond donors (Lipinski definition) is 0. The van der Waals surface area contributed by atoms with Crippen LogP contribution in [0.2, 0.25) is 0 Å². The van der Waals surface area contributed by atoms with Gasteiger partial charge < -0.3 is 4.74 Å². The third-order valence-corrected chi connectivity index (χ3v) is 7.96. The average Bonchev–Trinajstić information content (AvgIpc) is 2.88. The molecule has 3 aliphatic carbocycles. The molecular formula is C19H33BrO. The van der Waals surface area contributed by atoms with Gasteiger partial charge in [0.1, 0.15) is 0 Å². The molecule has 2 heteroatoms. The summed E-state index contributed by atoms with van der Waals surface area (Å²) in [5.41, 5.74) is 0.843. The maximum atomic E-state index is 7.00. The van der Waals surface area contributed by atoms with Gasteiger partial charge in [-0.05, 0) is 67.1 Å². The Morgan fingerprint density at radius 1 is 1.00 bits per heavy atom. The Kier molecular flexibility index (Phi) is 4.06. The van der Waals surface area contributed by atoms with E-state index < -0.39 is 0 Å². The van der Waals surface area contributed by atoms with Crippen molar-refractivity contribution in [1.29, 1.82) is 0 Å². The van der Waals surface area contributed by atoms with Crippen LogP contribution in [0, 0.1) is 28.6 Å². The van der Waals surface area contributed by atoms with Gasteiger partial charge in [-0.25, -0.2) is 0 Å². The molecule has 0 saturated heterocycles. The van der Waals surface area contributed by atoms with Gasteiger partial charge in [0.15, 0.2) is 0 Å². The molecule has 122 valence electrons. The Hall–Kier alpha value is 0.440. The third kappa shape index (κ3) is 2.53. The number of hydrogen-bond acceptors (Lipinski definition) is 1. The van der Waals surface area contributed by atoms with Crippen molar-refractivity contribution in [3.8, 4) is 0 Å². The van der Waals surface area contributed by atoms with Crippen LogP contribution in [0.15, 0.2) is 0 Å². The predicted octanol–water partition coefficient (Wildman–Crippen LogP) is 5.81. The minimum atomic E-state index is 0.0771. The first kappa shape index (κ1) is 16.3. The molecule has 0 N–H and O–H groups in total. The summed E-state index contributed by atoms with van der Waals surface area (Å²) in [5, 5.41) is 1.01. The second kappa shape index (κ2) is 5.23. The first-order valence-corrected chi connectivity index (χ1v) is 10.1. The fourth-order valence-electron chi connectivity index (χ4n) is 6.14. The van der Waals surface area contributed by atoms with Gasteiger partial charge >= 0.3 is 0 Å². The molecule has 0 radical (unpaired) electrons. The van der Waals surface area contributed by atoms with Crippen molar-refractivity contribution in [2.45, 2.75) is 84.8 Å². The summed E-state index contributed by atoms with van der Waals surface area (Å²) in [6.07, 6.45) is 8.49. The molecule has 5 unspecified atom stereocenters. The van der Waals surface area contributed by atoms with E-state index in [1.807, 2.05) is 0 Å².